The molecule has 0 rings (SSSR count). The molecular weight excluding hydrogens is 151 g/mol. The third kappa shape index (κ3) is 3.16. The molecule has 0 radical (unpaired) electrons. The molecule has 0 aromatic carbocycles. The zero-order chi connectivity index (χ0) is 8.15. The van der Waals surface area contributed by atoms with E-state index in [1.807, 2.05) is 0 Å². The number of alkyl halides is 3. The molecule has 10 heavy (non-hydrogen) atoms. The van der Waals surface area contributed by atoms with Crippen LogP contribution >= 0.6 is 0 Å². The van der Waals surface area contributed by atoms with E-state index in [-0.39, 0.29) is 0 Å². The van der Waals surface area contributed by atoms with E-state index >= 15 is 0 Å². The third-order valence-electron chi connectivity index (χ3n) is 0.779. The Balaban J connectivity index is 3.71. The van der Waals surface area contributed by atoms with Gasteiger partial charge in [-0.25, -0.2) is 18.0 Å². The monoisotopic (exact) mass is 157 g/mol. The zero-order valence-corrected chi connectivity index (χ0v) is 4.85. The molecule has 0 heterocycles. The van der Waals surface area contributed by atoms with Gasteiger partial charge >= 0.3 is 6.09 Å². The molecule has 0 spiro atoms. The van der Waals surface area contributed by atoms with Gasteiger partial charge in [0.25, 0.3) is 6.43 Å². The van der Waals surface area contributed by atoms with Crippen molar-refractivity contribution in [1.29, 1.82) is 0 Å². The lowest BCUT2D eigenvalue weighted by atomic mass is 10.3. The van der Waals surface area contributed by atoms with E-state index in [9.17, 15) is 18.0 Å². The summed E-state index contributed by atoms with van der Waals surface area (Å²) in [6, 6.07) is -1.91. The second kappa shape index (κ2) is 3.97. The van der Waals surface area contributed by atoms with Crippen LogP contribution in [0, 0.1) is 0 Å². The van der Waals surface area contributed by atoms with Gasteiger partial charge in [-0.1, -0.05) is 0 Å². The fourth-order valence-corrected chi connectivity index (χ4v) is 0.328. The van der Waals surface area contributed by atoms with Gasteiger partial charge in [0.1, 0.15) is 12.7 Å². The summed E-state index contributed by atoms with van der Waals surface area (Å²) < 4.78 is 34.5. The van der Waals surface area contributed by atoms with Crippen LogP contribution in [-0.2, 0) is 0 Å². The first-order chi connectivity index (χ1) is 4.57. The normalized spacial score (nSPS) is 13.2. The molecule has 1 amide bonds. The summed E-state index contributed by atoms with van der Waals surface area (Å²) in [5.41, 5.74) is 0. The number of rotatable bonds is 3. The number of hydrogen-bond donors (Lipinski definition) is 2. The molecule has 60 valence electrons. The van der Waals surface area contributed by atoms with E-state index in [1.165, 1.54) is 5.32 Å². The van der Waals surface area contributed by atoms with E-state index in [1.54, 1.807) is 0 Å². The van der Waals surface area contributed by atoms with Gasteiger partial charge < -0.3 is 10.4 Å². The number of carbonyl (C=O) groups is 1. The molecule has 1 unspecified atom stereocenters. The van der Waals surface area contributed by atoms with Crippen molar-refractivity contribution in [1.82, 2.24) is 5.32 Å². The molecule has 0 saturated carbocycles. The number of halogens is 3. The summed E-state index contributed by atoms with van der Waals surface area (Å²) in [6.07, 6.45) is -4.65. The van der Waals surface area contributed by atoms with Crippen LogP contribution in [0.4, 0.5) is 18.0 Å². The molecule has 6 heteroatoms. The van der Waals surface area contributed by atoms with Gasteiger partial charge in [-0.3, -0.25) is 0 Å². The summed E-state index contributed by atoms with van der Waals surface area (Å²) in [5, 5.41) is 9.17. The Bertz CT molecular complexity index is 119. The standard InChI is InChI=1S/C4H6F3NO2/c5-1-2(3(6)7)8-4(9)10/h2-3,8H,1H2,(H,9,10). The molecular formula is C4H6F3NO2. The summed E-state index contributed by atoms with van der Waals surface area (Å²) >= 11 is 0. The van der Waals surface area contributed by atoms with Gasteiger partial charge in [0.2, 0.25) is 0 Å². The fourth-order valence-electron chi connectivity index (χ4n) is 0.328. The summed E-state index contributed by atoms with van der Waals surface area (Å²) in [4.78, 5) is 9.66. The Morgan fingerprint density at radius 2 is 2.10 bits per heavy atom. The lowest BCUT2D eigenvalue weighted by molar-refractivity contribution is 0.0824. The lowest BCUT2D eigenvalue weighted by Crippen LogP contribution is -2.40. The number of hydrogen-bond acceptors (Lipinski definition) is 1. The molecule has 0 aromatic rings. The van der Waals surface area contributed by atoms with Gasteiger partial charge in [0.15, 0.2) is 0 Å². The molecule has 0 aliphatic rings. The maximum absolute atomic E-state index is 11.5. The predicted molar refractivity (Wildman–Crippen MR) is 26.9 cm³/mol. The Morgan fingerprint density at radius 1 is 1.60 bits per heavy atom. The summed E-state index contributed by atoms with van der Waals surface area (Å²) in [7, 11) is 0. The van der Waals surface area contributed by atoms with Crippen LogP contribution in [0.5, 0.6) is 0 Å². The SMILES string of the molecule is O=C(O)NC(CF)C(F)F. The predicted octanol–water partition coefficient (Wildman–Crippen LogP) is 0.857. The highest BCUT2D eigenvalue weighted by Gasteiger charge is 2.21. The van der Waals surface area contributed by atoms with Crippen molar-refractivity contribution < 1.29 is 23.1 Å². The van der Waals surface area contributed by atoms with Crippen molar-refractivity contribution in [2.45, 2.75) is 12.5 Å². The first-order valence-electron chi connectivity index (χ1n) is 2.41. The van der Waals surface area contributed by atoms with E-state index in [4.69, 9.17) is 5.11 Å². The van der Waals surface area contributed by atoms with Crippen molar-refractivity contribution in [3.05, 3.63) is 0 Å². The molecule has 0 aliphatic heterocycles. The highest BCUT2D eigenvalue weighted by atomic mass is 19.3. The van der Waals surface area contributed by atoms with Gasteiger partial charge in [-0.05, 0) is 0 Å². The Kier molecular flexibility index (Phi) is 3.60. The van der Waals surface area contributed by atoms with Gasteiger partial charge in [0.05, 0.1) is 0 Å². The average molecular weight is 157 g/mol. The van der Waals surface area contributed by atoms with Crippen LogP contribution in [0.25, 0.3) is 0 Å². The highest BCUT2D eigenvalue weighted by Crippen LogP contribution is 2.00. The summed E-state index contributed by atoms with van der Waals surface area (Å²) in [5.74, 6) is 0. The molecule has 0 aliphatic carbocycles. The maximum Gasteiger partial charge on any atom is 0.405 e. The van der Waals surface area contributed by atoms with Crippen LogP contribution in [0.1, 0.15) is 0 Å². The van der Waals surface area contributed by atoms with Crippen LogP contribution in [0.15, 0.2) is 0 Å². The minimum atomic E-state index is -3.00. The van der Waals surface area contributed by atoms with Gasteiger partial charge in [-0.2, -0.15) is 0 Å². The largest absolute Gasteiger partial charge is 0.465 e. The van der Waals surface area contributed by atoms with Crippen molar-refractivity contribution in [3.8, 4) is 0 Å². The van der Waals surface area contributed by atoms with E-state index < -0.39 is 25.2 Å². The van der Waals surface area contributed by atoms with Crippen molar-refractivity contribution in [2.75, 3.05) is 6.67 Å². The van der Waals surface area contributed by atoms with Crippen LogP contribution in [0.2, 0.25) is 0 Å². The van der Waals surface area contributed by atoms with E-state index in [2.05, 4.69) is 0 Å². The molecule has 2 N–H and O–H groups in total. The third-order valence-corrected chi connectivity index (χ3v) is 0.779. The fraction of sp³-hybridized carbons (Fsp3) is 0.750. The topological polar surface area (TPSA) is 49.3 Å². The van der Waals surface area contributed by atoms with E-state index in [0.717, 1.165) is 0 Å². The Hall–Kier alpha value is -0.940. The highest BCUT2D eigenvalue weighted by molar-refractivity contribution is 5.64. The van der Waals surface area contributed by atoms with Crippen LogP contribution < -0.4 is 5.32 Å². The molecule has 0 saturated heterocycles. The molecule has 3 nitrogen and oxygen atoms in total. The second-order valence-electron chi connectivity index (χ2n) is 1.54. The number of amides is 1. The molecule has 0 bridgehead atoms. The smallest absolute Gasteiger partial charge is 0.405 e. The van der Waals surface area contributed by atoms with Crippen LogP contribution in [-0.4, -0.2) is 30.3 Å². The Labute approximate surface area is 54.8 Å². The van der Waals surface area contributed by atoms with Crippen molar-refractivity contribution >= 4 is 6.09 Å². The van der Waals surface area contributed by atoms with Crippen LogP contribution in [0.3, 0.4) is 0 Å². The maximum atomic E-state index is 11.5. The van der Waals surface area contributed by atoms with E-state index in [0.29, 0.717) is 0 Å². The summed E-state index contributed by atoms with van der Waals surface area (Å²) in [6.45, 7) is -1.40. The minimum Gasteiger partial charge on any atom is -0.465 e. The average Bonchev–Trinajstić information content (AvgIpc) is 1.81. The Morgan fingerprint density at radius 3 is 2.20 bits per heavy atom. The van der Waals surface area contributed by atoms with Gasteiger partial charge in [-0.15, -0.1) is 0 Å². The molecule has 0 aromatic heterocycles. The quantitative estimate of drug-likeness (QED) is 0.638. The zero-order valence-electron chi connectivity index (χ0n) is 4.85. The van der Waals surface area contributed by atoms with Crippen molar-refractivity contribution in [2.24, 2.45) is 0 Å². The number of carboxylic acid groups (broad SMARTS) is 1. The van der Waals surface area contributed by atoms with Crippen molar-refractivity contribution in [3.63, 3.8) is 0 Å². The van der Waals surface area contributed by atoms with Gasteiger partial charge in [0, 0.05) is 0 Å². The molecule has 1 atom stereocenters. The number of nitrogens with one attached hydrogen (secondary N) is 1. The molecule has 0 fully saturated rings. The first-order valence-corrected chi connectivity index (χ1v) is 2.41. The minimum absolute atomic E-state index is 1.32. The lowest BCUT2D eigenvalue weighted by Gasteiger charge is -2.10. The first kappa shape index (κ1) is 9.06. The second-order valence-corrected chi connectivity index (χ2v) is 1.54.